The molecule has 0 bridgehead atoms. The van der Waals surface area contributed by atoms with Gasteiger partial charge in [-0.2, -0.15) is 0 Å². The van der Waals surface area contributed by atoms with Gasteiger partial charge >= 0.3 is 5.97 Å². The summed E-state index contributed by atoms with van der Waals surface area (Å²) >= 11 is 6.31. The second-order valence-corrected chi connectivity index (χ2v) is 7.50. The van der Waals surface area contributed by atoms with Crippen LogP contribution in [-0.4, -0.2) is 39.3 Å². The first-order chi connectivity index (χ1) is 14.8. The highest BCUT2D eigenvalue weighted by Gasteiger charge is 2.23. The first kappa shape index (κ1) is 24.3. The Balaban J connectivity index is 2.24. The van der Waals surface area contributed by atoms with Gasteiger partial charge in [-0.1, -0.05) is 29.8 Å². The molecule has 7 nitrogen and oxygen atoms in total. The third-order valence-electron chi connectivity index (χ3n) is 4.44. The van der Waals surface area contributed by atoms with Gasteiger partial charge in [-0.3, -0.25) is 9.59 Å². The highest BCUT2D eigenvalue weighted by molar-refractivity contribution is 6.31. The number of benzene rings is 2. The van der Waals surface area contributed by atoms with E-state index in [1.165, 1.54) is 21.3 Å². The molecule has 31 heavy (non-hydrogen) atoms. The molecule has 0 saturated carbocycles. The topological polar surface area (TPSA) is 83.1 Å². The van der Waals surface area contributed by atoms with Gasteiger partial charge in [0.25, 0.3) is 0 Å². The SMILES string of the molecule is COc1cc(CC(=O)N[C@H](CC(=O)OC(C)C)c2ccccc2Cl)cc(OC)c1OC. The third-order valence-corrected chi connectivity index (χ3v) is 4.79. The summed E-state index contributed by atoms with van der Waals surface area (Å²) in [6.07, 6.45) is -0.255. The summed E-state index contributed by atoms with van der Waals surface area (Å²) in [6.45, 7) is 3.54. The number of esters is 1. The van der Waals surface area contributed by atoms with Gasteiger partial charge in [-0.05, 0) is 43.2 Å². The lowest BCUT2D eigenvalue weighted by Gasteiger charge is -2.21. The summed E-state index contributed by atoms with van der Waals surface area (Å²) < 4.78 is 21.2. The summed E-state index contributed by atoms with van der Waals surface area (Å²) in [5.41, 5.74) is 1.30. The van der Waals surface area contributed by atoms with Crippen LogP contribution in [0.5, 0.6) is 17.2 Å². The molecule has 2 aromatic rings. The van der Waals surface area contributed by atoms with Crippen molar-refractivity contribution in [2.75, 3.05) is 21.3 Å². The van der Waals surface area contributed by atoms with Crippen LogP contribution in [0.15, 0.2) is 36.4 Å². The number of carbonyl (C=O) groups is 2. The average Bonchev–Trinajstić information content (AvgIpc) is 2.72. The summed E-state index contributed by atoms with van der Waals surface area (Å²) in [5, 5.41) is 3.35. The molecule has 1 N–H and O–H groups in total. The molecule has 0 aliphatic heterocycles. The van der Waals surface area contributed by atoms with E-state index in [0.717, 1.165) is 0 Å². The molecular weight excluding hydrogens is 422 g/mol. The molecule has 0 saturated heterocycles. The first-order valence-corrected chi connectivity index (χ1v) is 10.2. The normalized spacial score (nSPS) is 11.6. The van der Waals surface area contributed by atoms with Crippen LogP contribution in [0.1, 0.15) is 37.4 Å². The zero-order valence-corrected chi connectivity index (χ0v) is 19.1. The fourth-order valence-corrected chi connectivity index (χ4v) is 3.41. The molecule has 8 heteroatoms. The molecule has 0 unspecified atom stereocenters. The molecule has 1 atom stereocenters. The van der Waals surface area contributed by atoms with Crippen molar-refractivity contribution in [2.24, 2.45) is 0 Å². The number of hydrogen-bond acceptors (Lipinski definition) is 6. The standard InChI is InChI=1S/C23H28ClNO6/c1-14(2)31-22(27)13-18(16-8-6-7-9-17(16)24)25-21(26)12-15-10-19(28-3)23(30-5)20(11-15)29-4/h6-11,14,18H,12-13H2,1-5H3,(H,25,26)/t18-/m1/s1. The second-order valence-electron chi connectivity index (χ2n) is 7.09. The van der Waals surface area contributed by atoms with Crippen molar-refractivity contribution in [2.45, 2.75) is 38.8 Å². The van der Waals surface area contributed by atoms with E-state index in [1.807, 2.05) is 0 Å². The van der Waals surface area contributed by atoms with Crippen LogP contribution in [0.4, 0.5) is 0 Å². The highest BCUT2D eigenvalue weighted by Crippen LogP contribution is 2.38. The molecule has 0 fully saturated rings. The zero-order valence-electron chi connectivity index (χ0n) is 18.4. The summed E-state index contributed by atoms with van der Waals surface area (Å²) in [4.78, 5) is 25.1. The molecule has 0 aliphatic rings. The summed E-state index contributed by atoms with van der Waals surface area (Å²) in [6, 6.07) is 9.85. The number of methoxy groups -OCH3 is 3. The molecule has 2 aromatic carbocycles. The minimum atomic E-state index is -0.630. The van der Waals surface area contributed by atoms with Crippen LogP contribution >= 0.6 is 11.6 Å². The minimum Gasteiger partial charge on any atom is -0.493 e. The number of halogens is 1. The van der Waals surface area contributed by atoms with Crippen LogP contribution < -0.4 is 19.5 Å². The van der Waals surface area contributed by atoms with E-state index in [-0.39, 0.29) is 24.9 Å². The van der Waals surface area contributed by atoms with E-state index in [1.54, 1.807) is 50.2 Å². The van der Waals surface area contributed by atoms with Crippen molar-refractivity contribution in [1.29, 1.82) is 0 Å². The monoisotopic (exact) mass is 449 g/mol. The van der Waals surface area contributed by atoms with Crippen LogP contribution in [0.3, 0.4) is 0 Å². The fraction of sp³-hybridized carbons (Fsp3) is 0.391. The predicted molar refractivity (Wildman–Crippen MR) is 118 cm³/mol. The molecule has 168 valence electrons. The molecule has 2 rings (SSSR count). The summed E-state index contributed by atoms with van der Waals surface area (Å²) in [5.74, 6) is 0.629. The van der Waals surface area contributed by atoms with E-state index >= 15 is 0 Å². The maximum Gasteiger partial charge on any atom is 0.308 e. The van der Waals surface area contributed by atoms with Crippen LogP contribution in [0, 0.1) is 0 Å². The smallest absolute Gasteiger partial charge is 0.308 e. The predicted octanol–water partition coefficient (Wildman–Crippen LogP) is 4.11. The van der Waals surface area contributed by atoms with Gasteiger partial charge in [0, 0.05) is 5.02 Å². The third kappa shape index (κ3) is 6.79. The maximum absolute atomic E-state index is 12.8. The van der Waals surface area contributed by atoms with E-state index < -0.39 is 12.0 Å². The first-order valence-electron chi connectivity index (χ1n) is 9.81. The van der Waals surface area contributed by atoms with E-state index in [2.05, 4.69) is 5.32 Å². The Bertz CT molecular complexity index is 890. The van der Waals surface area contributed by atoms with Gasteiger partial charge in [0.2, 0.25) is 11.7 Å². The van der Waals surface area contributed by atoms with Crippen molar-refractivity contribution in [3.63, 3.8) is 0 Å². The van der Waals surface area contributed by atoms with Gasteiger partial charge in [-0.15, -0.1) is 0 Å². The van der Waals surface area contributed by atoms with Gasteiger partial charge in [0.05, 0.1) is 46.3 Å². The van der Waals surface area contributed by atoms with Crippen molar-refractivity contribution >= 4 is 23.5 Å². The Kier molecular flexibility index (Phi) is 9.00. The largest absolute Gasteiger partial charge is 0.493 e. The Hall–Kier alpha value is -2.93. The number of nitrogens with one attached hydrogen (secondary N) is 1. The molecular formula is C23H28ClNO6. The number of rotatable bonds is 10. The molecule has 0 radical (unpaired) electrons. The number of hydrogen-bond donors (Lipinski definition) is 1. The van der Waals surface area contributed by atoms with Gasteiger partial charge < -0.3 is 24.3 Å². The number of carbonyl (C=O) groups excluding carboxylic acids is 2. The summed E-state index contributed by atoms with van der Waals surface area (Å²) in [7, 11) is 4.53. The van der Waals surface area contributed by atoms with Crippen LogP contribution in [0.2, 0.25) is 5.02 Å². The fourth-order valence-electron chi connectivity index (χ4n) is 3.14. The van der Waals surface area contributed by atoms with Gasteiger partial charge in [0.15, 0.2) is 11.5 Å². The molecule has 0 aliphatic carbocycles. The number of ether oxygens (including phenoxy) is 4. The minimum absolute atomic E-state index is 0.0386. The molecule has 1 amide bonds. The van der Waals surface area contributed by atoms with Crippen molar-refractivity contribution in [3.05, 3.63) is 52.5 Å². The van der Waals surface area contributed by atoms with Crippen molar-refractivity contribution in [3.8, 4) is 17.2 Å². The highest BCUT2D eigenvalue weighted by atomic mass is 35.5. The Morgan fingerprint density at radius 2 is 1.61 bits per heavy atom. The maximum atomic E-state index is 12.8. The second kappa shape index (κ2) is 11.5. The van der Waals surface area contributed by atoms with Gasteiger partial charge in [0.1, 0.15) is 0 Å². The van der Waals surface area contributed by atoms with E-state index in [4.69, 9.17) is 30.5 Å². The Morgan fingerprint density at radius 1 is 1.00 bits per heavy atom. The van der Waals surface area contributed by atoms with Crippen LogP contribution in [0.25, 0.3) is 0 Å². The Labute approximate surface area is 187 Å². The van der Waals surface area contributed by atoms with E-state index in [0.29, 0.717) is 33.4 Å². The lowest BCUT2D eigenvalue weighted by Crippen LogP contribution is -2.32. The lowest BCUT2D eigenvalue weighted by atomic mass is 10.0. The Morgan fingerprint density at radius 3 is 2.13 bits per heavy atom. The molecule has 0 spiro atoms. The zero-order chi connectivity index (χ0) is 23.0. The van der Waals surface area contributed by atoms with Crippen molar-refractivity contribution < 1.29 is 28.5 Å². The van der Waals surface area contributed by atoms with Gasteiger partial charge in [-0.25, -0.2) is 0 Å². The van der Waals surface area contributed by atoms with Crippen molar-refractivity contribution in [1.82, 2.24) is 5.32 Å². The number of amides is 1. The molecule has 0 heterocycles. The quantitative estimate of drug-likeness (QED) is 0.549. The lowest BCUT2D eigenvalue weighted by molar-refractivity contribution is -0.148. The average molecular weight is 450 g/mol. The van der Waals surface area contributed by atoms with Crippen LogP contribution in [-0.2, 0) is 20.7 Å². The van der Waals surface area contributed by atoms with E-state index in [9.17, 15) is 9.59 Å². The molecule has 0 aromatic heterocycles.